The molecule has 2 aromatic carbocycles. The van der Waals surface area contributed by atoms with E-state index in [1.807, 2.05) is 29.2 Å². The zero-order chi connectivity index (χ0) is 24.0. The van der Waals surface area contributed by atoms with E-state index in [0.29, 0.717) is 17.3 Å². The zero-order valence-corrected chi connectivity index (χ0v) is 20.8. The minimum absolute atomic E-state index is 0.00189. The van der Waals surface area contributed by atoms with E-state index in [1.165, 1.54) is 12.1 Å². The van der Waals surface area contributed by atoms with E-state index in [0.717, 1.165) is 43.9 Å². The van der Waals surface area contributed by atoms with Crippen LogP contribution in [0.15, 0.2) is 42.5 Å². The van der Waals surface area contributed by atoms with Crippen LogP contribution in [0.3, 0.4) is 0 Å². The Kier molecular flexibility index (Phi) is 9.12. The Morgan fingerprint density at radius 2 is 1.79 bits per heavy atom. The van der Waals surface area contributed by atoms with Gasteiger partial charge in [-0.05, 0) is 62.8 Å². The molecular weight excluding hydrogens is 441 g/mol. The lowest BCUT2D eigenvalue weighted by atomic mass is 10.1. The summed E-state index contributed by atoms with van der Waals surface area (Å²) in [5, 5.41) is 0.663. The van der Waals surface area contributed by atoms with Crippen molar-refractivity contribution in [1.29, 1.82) is 0 Å². The summed E-state index contributed by atoms with van der Waals surface area (Å²) in [4.78, 5) is 19.6. The van der Waals surface area contributed by atoms with Crippen LogP contribution in [0.2, 0.25) is 5.02 Å². The Morgan fingerprint density at radius 1 is 1.09 bits per heavy atom. The molecule has 1 fully saturated rings. The summed E-state index contributed by atoms with van der Waals surface area (Å²) in [6, 6.07) is 12.4. The summed E-state index contributed by atoms with van der Waals surface area (Å²) in [5.74, 6) is 0.464. The lowest BCUT2D eigenvalue weighted by molar-refractivity contribution is -0.139. The molecule has 1 aliphatic heterocycles. The van der Waals surface area contributed by atoms with Crippen molar-refractivity contribution in [2.24, 2.45) is 0 Å². The first-order valence-corrected chi connectivity index (χ1v) is 12.1. The van der Waals surface area contributed by atoms with Gasteiger partial charge in [-0.2, -0.15) is 0 Å². The highest BCUT2D eigenvalue weighted by atomic mass is 35.5. The average Bonchev–Trinajstić information content (AvgIpc) is 2.80. The third-order valence-corrected chi connectivity index (χ3v) is 6.63. The minimum atomic E-state index is -0.225. The van der Waals surface area contributed by atoms with Gasteiger partial charge in [0.2, 0.25) is 0 Å². The van der Waals surface area contributed by atoms with Crippen molar-refractivity contribution < 1.29 is 13.9 Å². The molecule has 0 unspecified atom stereocenters. The van der Waals surface area contributed by atoms with Gasteiger partial charge in [0.1, 0.15) is 11.6 Å². The molecule has 2 atom stereocenters. The van der Waals surface area contributed by atoms with E-state index in [9.17, 15) is 9.18 Å². The number of benzene rings is 2. The SMILES string of the molecule is CCN(CC)Cc1cc(Cl)ccc1OCC(=O)N1C[C@H](C)N(Cc2ccc(F)cc2)C[C@H]1C. The topological polar surface area (TPSA) is 36.0 Å². The lowest BCUT2D eigenvalue weighted by Crippen LogP contribution is -2.58. The van der Waals surface area contributed by atoms with E-state index in [2.05, 4.69) is 37.5 Å². The van der Waals surface area contributed by atoms with Crippen LogP contribution in [0.4, 0.5) is 4.39 Å². The Labute approximate surface area is 202 Å². The highest BCUT2D eigenvalue weighted by molar-refractivity contribution is 6.30. The minimum Gasteiger partial charge on any atom is -0.483 e. The predicted molar refractivity (Wildman–Crippen MR) is 131 cm³/mol. The maximum Gasteiger partial charge on any atom is 0.260 e. The highest BCUT2D eigenvalue weighted by Gasteiger charge is 2.32. The largest absolute Gasteiger partial charge is 0.483 e. The van der Waals surface area contributed by atoms with E-state index >= 15 is 0 Å². The number of hydrogen-bond acceptors (Lipinski definition) is 4. The number of piperazine rings is 1. The van der Waals surface area contributed by atoms with Crippen LogP contribution in [-0.2, 0) is 17.9 Å². The Bertz CT molecular complexity index is 920. The fourth-order valence-electron chi connectivity index (χ4n) is 4.31. The van der Waals surface area contributed by atoms with E-state index in [1.54, 1.807) is 6.07 Å². The number of halogens is 2. The summed E-state index contributed by atoms with van der Waals surface area (Å²) in [6.45, 7) is 13.2. The Balaban J connectivity index is 1.59. The first-order chi connectivity index (χ1) is 15.8. The van der Waals surface area contributed by atoms with E-state index < -0.39 is 0 Å². The quantitative estimate of drug-likeness (QED) is 0.521. The molecule has 7 heteroatoms. The number of hydrogen-bond donors (Lipinski definition) is 0. The van der Waals surface area contributed by atoms with Crippen LogP contribution in [0, 0.1) is 5.82 Å². The predicted octanol–water partition coefficient (Wildman–Crippen LogP) is 4.82. The zero-order valence-electron chi connectivity index (χ0n) is 20.1. The molecule has 0 N–H and O–H groups in total. The summed E-state index contributed by atoms with van der Waals surface area (Å²) in [7, 11) is 0. The van der Waals surface area contributed by atoms with Crippen molar-refractivity contribution in [3.63, 3.8) is 0 Å². The molecule has 0 spiro atoms. The second-order valence-electron chi connectivity index (χ2n) is 8.80. The van der Waals surface area contributed by atoms with Crippen molar-refractivity contribution in [2.45, 2.75) is 52.9 Å². The molecule has 0 saturated carbocycles. The molecule has 1 amide bonds. The van der Waals surface area contributed by atoms with Gasteiger partial charge in [-0.25, -0.2) is 4.39 Å². The van der Waals surface area contributed by atoms with Gasteiger partial charge in [0, 0.05) is 48.8 Å². The highest BCUT2D eigenvalue weighted by Crippen LogP contribution is 2.25. The number of amides is 1. The molecule has 2 aromatic rings. The van der Waals surface area contributed by atoms with Gasteiger partial charge in [0.15, 0.2) is 6.61 Å². The van der Waals surface area contributed by atoms with Crippen LogP contribution < -0.4 is 4.74 Å². The van der Waals surface area contributed by atoms with Gasteiger partial charge in [0.25, 0.3) is 5.91 Å². The number of carbonyl (C=O) groups is 1. The van der Waals surface area contributed by atoms with Gasteiger partial charge in [-0.1, -0.05) is 37.6 Å². The summed E-state index contributed by atoms with van der Waals surface area (Å²) in [5.41, 5.74) is 2.06. The van der Waals surface area contributed by atoms with Gasteiger partial charge in [0.05, 0.1) is 0 Å². The summed E-state index contributed by atoms with van der Waals surface area (Å²) >= 11 is 6.21. The van der Waals surface area contributed by atoms with Crippen LogP contribution in [0.25, 0.3) is 0 Å². The number of carbonyl (C=O) groups excluding carboxylic acids is 1. The molecule has 0 bridgehead atoms. The average molecular weight is 476 g/mol. The monoisotopic (exact) mass is 475 g/mol. The third kappa shape index (κ3) is 6.92. The van der Waals surface area contributed by atoms with Crippen molar-refractivity contribution >= 4 is 17.5 Å². The Morgan fingerprint density at radius 3 is 2.45 bits per heavy atom. The first kappa shape index (κ1) is 25.5. The van der Waals surface area contributed by atoms with Crippen molar-refractivity contribution in [3.8, 4) is 5.75 Å². The fraction of sp³-hybridized carbons (Fsp3) is 0.500. The second kappa shape index (κ2) is 11.8. The molecule has 1 aliphatic rings. The van der Waals surface area contributed by atoms with Crippen LogP contribution in [0.5, 0.6) is 5.75 Å². The Hall–Kier alpha value is -2.15. The normalized spacial score (nSPS) is 19.2. The van der Waals surface area contributed by atoms with Crippen LogP contribution in [0.1, 0.15) is 38.8 Å². The first-order valence-electron chi connectivity index (χ1n) is 11.7. The number of nitrogens with zero attached hydrogens (tertiary/aromatic N) is 3. The van der Waals surface area contributed by atoms with Crippen LogP contribution in [-0.4, -0.2) is 65.5 Å². The maximum absolute atomic E-state index is 13.2. The molecule has 3 rings (SSSR count). The molecule has 1 heterocycles. The van der Waals surface area contributed by atoms with Crippen molar-refractivity contribution in [3.05, 3.63) is 64.4 Å². The molecular formula is C26H35ClFN3O2. The molecule has 33 heavy (non-hydrogen) atoms. The van der Waals surface area contributed by atoms with E-state index in [4.69, 9.17) is 16.3 Å². The molecule has 180 valence electrons. The molecule has 1 saturated heterocycles. The summed E-state index contributed by atoms with van der Waals surface area (Å²) in [6.07, 6.45) is 0. The van der Waals surface area contributed by atoms with E-state index in [-0.39, 0.29) is 30.4 Å². The summed E-state index contributed by atoms with van der Waals surface area (Å²) < 4.78 is 19.2. The third-order valence-electron chi connectivity index (χ3n) is 6.40. The molecule has 0 aliphatic carbocycles. The van der Waals surface area contributed by atoms with Gasteiger partial charge < -0.3 is 9.64 Å². The van der Waals surface area contributed by atoms with Gasteiger partial charge in [-0.15, -0.1) is 0 Å². The standard InChI is InChI=1S/C26H35ClFN3O2/c1-5-29(6-2)17-22-13-23(27)9-12-25(22)33-18-26(32)31-15-19(3)30(14-20(31)4)16-21-7-10-24(28)11-8-21/h7-13,19-20H,5-6,14-18H2,1-4H3/t19-,20+/m0/s1. The lowest BCUT2D eigenvalue weighted by Gasteiger charge is -2.44. The number of rotatable bonds is 9. The van der Waals surface area contributed by atoms with Gasteiger partial charge in [-0.3, -0.25) is 14.6 Å². The van der Waals surface area contributed by atoms with Crippen molar-refractivity contribution in [1.82, 2.24) is 14.7 Å². The number of ether oxygens (including phenoxy) is 1. The fourth-order valence-corrected chi connectivity index (χ4v) is 4.51. The maximum atomic E-state index is 13.2. The molecule has 0 radical (unpaired) electrons. The smallest absolute Gasteiger partial charge is 0.260 e. The van der Waals surface area contributed by atoms with Crippen molar-refractivity contribution in [2.75, 3.05) is 32.8 Å². The second-order valence-corrected chi connectivity index (χ2v) is 9.24. The molecule has 5 nitrogen and oxygen atoms in total. The molecule has 0 aromatic heterocycles. The van der Waals surface area contributed by atoms with Crippen LogP contribution >= 0.6 is 11.6 Å². The van der Waals surface area contributed by atoms with Gasteiger partial charge >= 0.3 is 0 Å².